The second-order valence-electron chi connectivity index (χ2n) is 4.52. The van der Waals surface area contributed by atoms with Gasteiger partial charge in [0.1, 0.15) is 5.69 Å². The minimum atomic E-state index is -0.380. The van der Waals surface area contributed by atoms with E-state index in [4.69, 9.17) is 15.2 Å². The number of aromatic nitrogens is 1. The monoisotopic (exact) mass is 282 g/mol. The van der Waals surface area contributed by atoms with Crippen molar-refractivity contribution >= 4 is 17.6 Å². The van der Waals surface area contributed by atoms with Crippen molar-refractivity contribution in [2.75, 3.05) is 18.9 Å². The standard InChI is InChI=1S/C14H22N2O4/c1-3-19-13(17)7-5-4-6-8-20-14(18)12-9-11(15)10-16(12)2/h9-10H,3-8,15H2,1-2H3. The van der Waals surface area contributed by atoms with Gasteiger partial charge in [-0.2, -0.15) is 0 Å². The maximum absolute atomic E-state index is 11.7. The quantitative estimate of drug-likeness (QED) is 0.581. The molecule has 0 atom stereocenters. The van der Waals surface area contributed by atoms with E-state index < -0.39 is 0 Å². The van der Waals surface area contributed by atoms with Crippen LogP contribution in [-0.4, -0.2) is 29.7 Å². The van der Waals surface area contributed by atoms with E-state index >= 15 is 0 Å². The van der Waals surface area contributed by atoms with Crippen molar-refractivity contribution in [3.63, 3.8) is 0 Å². The molecule has 0 amide bonds. The van der Waals surface area contributed by atoms with Gasteiger partial charge >= 0.3 is 11.9 Å². The Morgan fingerprint density at radius 2 is 2.00 bits per heavy atom. The van der Waals surface area contributed by atoms with Crippen LogP contribution in [0.25, 0.3) is 0 Å². The smallest absolute Gasteiger partial charge is 0.355 e. The molecule has 0 aliphatic carbocycles. The van der Waals surface area contributed by atoms with Gasteiger partial charge in [0.25, 0.3) is 0 Å². The van der Waals surface area contributed by atoms with Crippen LogP contribution in [0.5, 0.6) is 0 Å². The molecule has 0 aromatic carbocycles. The third kappa shape index (κ3) is 5.34. The SMILES string of the molecule is CCOC(=O)CCCCCOC(=O)c1cc(N)cn1C. The van der Waals surface area contributed by atoms with Crippen LogP contribution in [0.2, 0.25) is 0 Å². The molecule has 0 unspecified atom stereocenters. The van der Waals surface area contributed by atoms with E-state index in [0.717, 1.165) is 19.3 Å². The van der Waals surface area contributed by atoms with Crippen LogP contribution in [0.1, 0.15) is 43.1 Å². The Balaban J connectivity index is 2.14. The van der Waals surface area contributed by atoms with E-state index in [0.29, 0.717) is 31.0 Å². The second-order valence-corrected chi connectivity index (χ2v) is 4.52. The number of anilines is 1. The molecule has 2 N–H and O–H groups in total. The number of carbonyl (C=O) groups is 2. The lowest BCUT2D eigenvalue weighted by atomic mass is 10.2. The summed E-state index contributed by atoms with van der Waals surface area (Å²) in [5.41, 5.74) is 6.57. The lowest BCUT2D eigenvalue weighted by molar-refractivity contribution is -0.143. The van der Waals surface area contributed by atoms with Gasteiger partial charge in [0, 0.05) is 19.7 Å². The average Bonchev–Trinajstić information content (AvgIpc) is 2.73. The topological polar surface area (TPSA) is 83.6 Å². The van der Waals surface area contributed by atoms with Crippen molar-refractivity contribution in [3.05, 3.63) is 18.0 Å². The van der Waals surface area contributed by atoms with Crippen molar-refractivity contribution in [1.82, 2.24) is 4.57 Å². The molecular formula is C14H22N2O4. The molecule has 1 rings (SSSR count). The molecule has 0 radical (unpaired) electrons. The molecule has 112 valence electrons. The van der Waals surface area contributed by atoms with Crippen LogP contribution in [0.3, 0.4) is 0 Å². The number of unbranched alkanes of at least 4 members (excludes halogenated alkanes) is 2. The first-order valence-electron chi connectivity index (χ1n) is 6.79. The lowest BCUT2D eigenvalue weighted by Crippen LogP contribution is -2.10. The summed E-state index contributed by atoms with van der Waals surface area (Å²) in [6, 6.07) is 1.59. The minimum Gasteiger partial charge on any atom is -0.466 e. The molecule has 1 heterocycles. The van der Waals surface area contributed by atoms with Crippen LogP contribution in [0.15, 0.2) is 12.3 Å². The Bertz CT molecular complexity index is 454. The van der Waals surface area contributed by atoms with Gasteiger partial charge in [0.05, 0.1) is 18.9 Å². The number of nitrogens with zero attached hydrogens (tertiary/aromatic N) is 1. The first-order valence-corrected chi connectivity index (χ1v) is 6.79. The van der Waals surface area contributed by atoms with E-state index in [9.17, 15) is 9.59 Å². The molecule has 6 nitrogen and oxygen atoms in total. The summed E-state index contributed by atoms with van der Waals surface area (Å²) in [6.45, 7) is 2.54. The number of esters is 2. The largest absolute Gasteiger partial charge is 0.466 e. The van der Waals surface area contributed by atoms with Crippen molar-refractivity contribution < 1.29 is 19.1 Å². The predicted molar refractivity (Wildman–Crippen MR) is 75.2 cm³/mol. The molecule has 6 heteroatoms. The van der Waals surface area contributed by atoms with E-state index in [1.54, 1.807) is 30.8 Å². The molecule has 0 spiro atoms. The Kier molecular flexibility index (Phi) is 6.63. The van der Waals surface area contributed by atoms with Gasteiger partial charge in [-0.25, -0.2) is 4.79 Å². The minimum absolute atomic E-state index is 0.177. The van der Waals surface area contributed by atoms with Gasteiger partial charge in [0.2, 0.25) is 0 Å². The summed E-state index contributed by atoms with van der Waals surface area (Å²) < 4.78 is 11.6. The zero-order valence-corrected chi connectivity index (χ0v) is 12.1. The number of aryl methyl sites for hydroxylation is 1. The van der Waals surface area contributed by atoms with Gasteiger partial charge in [-0.05, 0) is 32.3 Å². The van der Waals surface area contributed by atoms with Crippen molar-refractivity contribution in [2.24, 2.45) is 7.05 Å². The highest BCUT2D eigenvalue weighted by atomic mass is 16.5. The summed E-state index contributed by atoms with van der Waals surface area (Å²) >= 11 is 0. The highest BCUT2D eigenvalue weighted by molar-refractivity contribution is 5.89. The summed E-state index contributed by atoms with van der Waals surface area (Å²) in [4.78, 5) is 22.8. The summed E-state index contributed by atoms with van der Waals surface area (Å²) in [5.74, 6) is -0.557. The number of hydrogen-bond acceptors (Lipinski definition) is 5. The van der Waals surface area contributed by atoms with Crippen molar-refractivity contribution in [1.29, 1.82) is 0 Å². The molecule has 0 saturated heterocycles. The number of hydrogen-bond donors (Lipinski definition) is 1. The fourth-order valence-electron chi connectivity index (χ4n) is 1.81. The molecule has 0 bridgehead atoms. The average molecular weight is 282 g/mol. The van der Waals surface area contributed by atoms with E-state index in [1.807, 2.05) is 0 Å². The van der Waals surface area contributed by atoms with Crippen LogP contribution < -0.4 is 5.73 Å². The number of rotatable bonds is 8. The number of carbonyl (C=O) groups excluding carboxylic acids is 2. The summed E-state index contributed by atoms with van der Waals surface area (Å²) in [7, 11) is 1.74. The van der Waals surface area contributed by atoms with Gasteiger partial charge < -0.3 is 19.8 Å². The highest BCUT2D eigenvalue weighted by Crippen LogP contribution is 2.10. The Morgan fingerprint density at radius 1 is 1.25 bits per heavy atom. The first kappa shape index (κ1) is 16.1. The fraction of sp³-hybridized carbons (Fsp3) is 0.571. The maximum Gasteiger partial charge on any atom is 0.355 e. The Hall–Kier alpha value is -1.98. The molecule has 0 saturated carbocycles. The summed E-state index contributed by atoms with van der Waals surface area (Å²) in [6.07, 6.45) is 4.37. The zero-order valence-electron chi connectivity index (χ0n) is 12.1. The van der Waals surface area contributed by atoms with Crippen LogP contribution in [-0.2, 0) is 21.3 Å². The first-order chi connectivity index (χ1) is 9.54. The van der Waals surface area contributed by atoms with Crippen LogP contribution >= 0.6 is 0 Å². The normalized spacial score (nSPS) is 10.3. The van der Waals surface area contributed by atoms with Gasteiger partial charge in [0.15, 0.2) is 0 Å². The highest BCUT2D eigenvalue weighted by Gasteiger charge is 2.11. The third-order valence-corrected chi connectivity index (χ3v) is 2.80. The maximum atomic E-state index is 11.7. The van der Waals surface area contributed by atoms with Gasteiger partial charge in [-0.1, -0.05) is 0 Å². The van der Waals surface area contributed by atoms with Gasteiger partial charge in [-0.3, -0.25) is 4.79 Å². The molecule has 0 aliphatic rings. The van der Waals surface area contributed by atoms with E-state index in [1.165, 1.54) is 0 Å². The lowest BCUT2D eigenvalue weighted by Gasteiger charge is -2.05. The molecule has 1 aromatic rings. The van der Waals surface area contributed by atoms with Crippen molar-refractivity contribution in [2.45, 2.75) is 32.6 Å². The number of ether oxygens (including phenoxy) is 2. The van der Waals surface area contributed by atoms with Crippen LogP contribution in [0, 0.1) is 0 Å². The molecule has 0 fully saturated rings. The van der Waals surface area contributed by atoms with Crippen molar-refractivity contribution in [3.8, 4) is 0 Å². The fourth-order valence-corrected chi connectivity index (χ4v) is 1.81. The summed E-state index contributed by atoms with van der Waals surface area (Å²) in [5, 5.41) is 0. The number of nitrogen functional groups attached to an aromatic ring is 1. The predicted octanol–water partition coefficient (Wildman–Crippen LogP) is 1.89. The van der Waals surface area contributed by atoms with E-state index in [2.05, 4.69) is 0 Å². The second kappa shape index (κ2) is 8.24. The Morgan fingerprint density at radius 3 is 2.60 bits per heavy atom. The molecule has 0 aliphatic heterocycles. The van der Waals surface area contributed by atoms with Gasteiger partial charge in [-0.15, -0.1) is 0 Å². The Labute approximate surface area is 118 Å². The zero-order chi connectivity index (χ0) is 15.0. The number of nitrogens with two attached hydrogens (primary N) is 1. The molecule has 1 aromatic heterocycles. The van der Waals surface area contributed by atoms with E-state index in [-0.39, 0.29) is 11.9 Å². The molecule has 20 heavy (non-hydrogen) atoms. The third-order valence-electron chi connectivity index (χ3n) is 2.80. The molecular weight excluding hydrogens is 260 g/mol. The van der Waals surface area contributed by atoms with Crippen LogP contribution in [0.4, 0.5) is 5.69 Å².